The van der Waals surface area contributed by atoms with Crippen LogP contribution in [0.3, 0.4) is 0 Å². The molecule has 0 spiro atoms. The average molecular weight is 198 g/mol. The van der Waals surface area contributed by atoms with Gasteiger partial charge in [-0.1, -0.05) is 62.1 Å². The predicted octanol–water partition coefficient (Wildman–Crippen LogP) is 4.39. The van der Waals surface area contributed by atoms with Gasteiger partial charge in [-0.2, -0.15) is 0 Å². The molecule has 0 amide bonds. The van der Waals surface area contributed by atoms with Gasteiger partial charge in [0.2, 0.25) is 0 Å². The van der Waals surface area contributed by atoms with E-state index in [9.17, 15) is 0 Å². The Morgan fingerprint density at radius 3 is 2.60 bits per heavy atom. The van der Waals surface area contributed by atoms with E-state index in [1.807, 2.05) is 19.1 Å². The maximum atomic E-state index is 4.04. The highest BCUT2D eigenvalue weighted by Crippen LogP contribution is 2.16. The van der Waals surface area contributed by atoms with E-state index in [-0.39, 0.29) is 0 Å². The summed E-state index contributed by atoms with van der Waals surface area (Å²) < 4.78 is 0. The highest BCUT2D eigenvalue weighted by molar-refractivity contribution is 5.72. The third kappa shape index (κ3) is 3.59. The fourth-order valence-electron chi connectivity index (χ4n) is 1.33. The van der Waals surface area contributed by atoms with Crippen LogP contribution < -0.4 is 0 Å². The first-order valence-corrected chi connectivity index (χ1v) is 5.25. The molecular weight excluding hydrogens is 180 g/mol. The van der Waals surface area contributed by atoms with Crippen molar-refractivity contribution >= 4 is 5.57 Å². The van der Waals surface area contributed by atoms with Crippen LogP contribution in [0.2, 0.25) is 0 Å². The zero-order chi connectivity index (χ0) is 11.3. The van der Waals surface area contributed by atoms with E-state index in [2.05, 4.69) is 44.3 Å². The number of hydrogen-bond donors (Lipinski definition) is 0. The molecule has 0 saturated heterocycles. The SMILES string of the molecule is C=C(C)/C=C\C(=C)c1cccc(CC)c1. The van der Waals surface area contributed by atoms with Crippen LogP contribution in [-0.2, 0) is 6.42 Å². The Balaban J connectivity index is 2.86. The van der Waals surface area contributed by atoms with E-state index < -0.39 is 0 Å². The van der Waals surface area contributed by atoms with Gasteiger partial charge in [-0.25, -0.2) is 0 Å². The first kappa shape index (κ1) is 11.5. The van der Waals surface area contributed by atoms with Crippen molar-refractivity contribution in [3.8, 4) is 0 Å². The Bertz CT molecular complexity index is 394. The summed E-state index contributed by atoms with van der Waals surface area (Å²) in [6.07, 6.45) is 5.06. The summed E-state index contributed by atoms with van der Waals surface area (Å²) in [4.78, 5) is 0. The zero-order valence-corrected chi connectivity index (χ0v) is 9.59. The van der Waals surface area contributed by atoms with Gasteiger partial charge in [0.05, 0.1) is 0 Å². The van der Waals surface area contributed by atoms with Crippen molar-refractivity contribution < 1.29 is 0 Å². The maximum Gasteiger partial charge on any atom is -0.0187 e. The van der Waals surface area contributed by atoms with Crippen LogP contribution in [0, 0.1) is 0 Å². The largest absolute Gasteiger partial charge is 0.0961 e. The normalized spacial score (nSPS) is 10.5. The lowest BCUT2D eigenvalue weighted by atomic mass is 10.0. The third-order valence-electron chi connectivity index (χ3n) is 2.28. The lowest BCUT2D eigenvalue weighted by molar-refractivity contribution is 1.14. The van der Waals surface area contributed by atoms with Crippen molar-refractivity contribution in [3.05, 3.63) is 66.3 Å². The molecule has 15 heavy (non-hydrogen) atoms. The lowest BCUT2D eigenvalue weighted by Gasteiger charge is -2.03. The Labute approximate surface area is 92.6 Å². The molecule has 0 aliphatic heterocycles. The van der Waals surface area contributed by atoms with Crippen molar-refractivity contribution in [3.63, 3.8) is 0 Å². The Morgan fingerprint density at radius 2 is 2.00 bits per heavy atom. The molecule has 0 saturated carbocycles. The predicted molar refractivity (Wildman–Crippen MR) is 68.8 cm³/mol. The minimum Gasteiger partial charge on any atom is -0.0961 e. The molecular formula is C15H18. The van der Waals surface area contributed by atoms with Gasteiger partial charge >= 0.3 is 0 Å². The van der Waals surface area contributed by atoms with Gasteiger partial charge in [-0.05, 0) is 30.0 Å². The molecule has 78 valence electrons. The van der Waals surface area contributed by atoms with Crippen molar-refractivity contribution in [1.82, 2.24) is 0 Å². The molecule has 0 aliphatic carbocycles. The lowest BCUT2D eigenvalue weighted by Crippen LogP contribution is -1.84. The molecule has 0 aromatic heterocycles. The fourth-order valence-corrected chi connectivity index (χ4v) is 1.33. The smallest absolute Gasteiger partial charge is 0.0187 e. The highest BCUT2D eigenvalue weighted by Gasteiger charge is 1.95. The summed E-state index contributed by atoms with van der Waals surface area (Å²) in [7, 11) is 0. The topological polar surface area (TPSA) is 0 Å². The van der Waals surface area contributed by atoms with Crippen LogP contribution in [0.1, 0.15) is 25.0 Å². The maximum absolute atomic E-state index is 4.04. The van der Waals surface area contributed by atoms with Crippen LogP contribution in [0.15, 0.2) is 55.1 Å². The van der Waals surface area contributed by atoms with E-state index >= 15 is 0 Å². The molecule has 0 unspecified atom stereocenters. The Morgan fingerprint density at radius 1 is 1.27 bits per heavy atom. The van der Waals surface area contributed by atoms with Crippen molar-refractivity contribution in [1.29, 1.82) is 0 Å². The second-order valence-corrected chi connectivity index (χ2v) is 3.76. The summed E-state index contributed by atoms with van der Waals surface area (Å²) in [5, 5.41) is 0. The second-order valence-electron chi connectivity index (χ2n) is 3.76. The van der Waals surface area contributed by atoms with Gasteiger partial charge in [0, 0.05) is 0 Å². The molecule has 1 rings (SSSR count). The second kappa shape index (κ2) is 5.35. The van der Waals surface area contributed by atoms with Gasteiger partial charge in [0.15, 0.2) is 0 Å². The van der Waals surface area contributed by atoms with E-state index in [0.29, 0.717) is 0 Å². The Hall–Kier alpha value is -1.56. The minimum absolute atomic E-state index is 1.04. The first-order valence-electron chi connectivity index (χ1n) is 5.25. The molecule has 0 radical (unpaired) electrons. The molecule has 0 atom stereocenters. The summed E-state index contributed by atoms with van der Waals surface area (Å²) >= 11 is 0. The summed E-state index contributed by atoms with van der Waals surface area (Å²) in [6.45, 7) is 12.0. The molecule has 0 aliphatic rings. The van der Waals surface area contributed by atoms with Crippen LogP contribution >= 0.6 is 0 Å². The van der Waals surface area contributed by atoms with E-state index in [0.717, 1.165) is 17.6 Å². The molecule has 0 nitrogen and oxygen atoms in total. The highest BCUT2D eigenvalue weighted by atomic mass is 14.0. The van der Waals surface area contributed by atoms with Gasteiger partial charge in [-0.15, -0.1) is 0 Å². The fraction of sp³-hybridized carbons (Fsp3) is 0.200. The van der Waals surface area contributed by atoms with Crippen LogP contribution in [0.25, 0.3) is 5.57 Å². The average Bonchev–Trinajstić information content (AvgIpc) is 2.26. The molecule has 1 aromatic carbocycles. The van der Waals surface area contributed by atoms with Crippen molar-refractivity contribution in [2.75, 3.05) is 0 Å². The van der Waals surface area contributed by atoms with E-state index in [1.165, 1.54) is 11.1 Å². The van der Waals surface area contributed by atoms with E-state index in [1.54, 1.807) is 0 Å². The minimum atomic E-state index is 1.04. The molecule has 0 fully saturated rings. The van der Waals surface area contributed by atoms with E-state index in [4.69, 9.17) is 0 Å². The summed E-state index contributed by atoms with van der Waals surface area (Å²) in [6, 6.07) is 8.49. The van der Waals surface area contributed by atoms with Gasteiger partial charge in [-0.3, -0.25) is 0 Å². The third-order valence-corrected chi connectivity index (χ3v) is 2.28. The molecule has 0 heteroatoms. The number of allylic oxidation sites excluding steroid dienone is 4. The Kier molecular flexibility index (Phi) is 4.11. The van der Waals surface area contributed by atoms with Crippen molar-refractivity contribution in [2.45, 2.75) is 20.3 Å². The van der Waals surface area contributed by atoms with Crippen molar-refractivity contribution in [2.24, 2.45) is 0 Å². The van der Waals surface area contributed by atoms with Gasteiger partial charge in [0.25, 0.3) is 0 Å². The summed E-state index contributed by atoms with van der Waals surface area (Å²) in [5.41, 5.74) is 4.61. The number of aryl methyl sites for hydroxylation is 1. The monoisotopic (exact) mass is 198 g/mol. The zero-order valence-electron chi connectivity index (χ0n) is 9.59. The molecule has 0 heterocycles. The number of hydrogen-bond acceptors (Lipinski definition) is 0. The van der Waals surface area contributed by atoms with Crippen LogP contribution in [0.4, 0.5) is 0 Å². The summed E-state index contributed by atoms with van der Waals surface area (Å²) in [5.74, 6) is 0. The standard InChI is InChI=1S/C15H18/c1-5-14-7-6-8-15(11-14)13(4)10-9-12(2)3/h6-11H,2,4-5H2,1,3H3/b10-9-. The molecule has 1 aromatic rings. The van der Waals surface area contributed by atoms with Gasteiger partial charge in [0.1, 0.15) is 0 Å². The first-order chi connectivity index (χ1) is 7.13. The molecule has 0 bridgehead atoms. The molecule has 0 N–H and O–H groups in total. The van der Waals surface area contributed by atoms with Crippen LogP contribution in [-0.4, -0.2) is 0 Å². The van der Waals surface area contributed by atoms with Crippen LogP contribution in [0.5, 0.6) is 0 Å². The number of rotatable bonds is 4. The quantitative estimate of drug-likeness (QED) is 0.629. The van der Waals surface area contributed by atoms with Gasteiger partial charge < -0.3 is 0 Å². The number of benzene rings is 1.